The van der Waals surface area contributed by atoms with Crippen molar-refractivity contribution < 1.29 is 9.53 Å². The average Bonchev–Trinajstić information content (AvgIpc) is 2.89. The van der Waals surface area contributed by atoms with Gasteiger partial charge < -0.3 is 14.5 Å². The molecule has 1 aromatic heterocycles. The number of piperazine rings is 1. The molecule has 112 valence electrons. The summed E-state index contributed by atoms with van der Waals surface area (Å²) in [6, 6.07) is 0.552. The molecule has 2 heterocycles. The first-order valence-corrected chi connectivity index (χ1v) is 8.03. The van der Waals surface area contributed by atoms with E-state index in [1.165, 1.54) is 0 Å². The molecule has 0 aromatic carbocycles. The highest BCUT2D eigenvalue weighted by Crippen LogP contribution is 2.23. The summed E-state index contributed by atoms with van der Waals surface area (Å²) < 4.78 is 4.93. The first-order valence-electron chi connectivity index (χ1n) is 7.15. The SMILES string of the molecule is CCOC(=O)CCc1csc(N2CCN(C)C(C)C2)n1. The van der Waals surface area contributed by atoms with Gasteiger partial charge in [0.05, 0.1) is 18.7 Å². The van der Waals surface area contributed by atoms with E-state index in [2.05, 4.69) is 34.1 Å². The van der Waals surface area contributed by atoms with E-state index in [9.17, 15) is 4.79 Å². The number of carbonyl (C=O) groups is 1. The summed E-state index contributed by atoms with van der Waals surface area (Å²) in [6.07, 6.45) is 1.08. The lowest BCUT2D eigenvalue weighted by molar-refractivity contribution is -0.143. The molecule has 6 heteroatoms. The van der Waals surface area contributed by atoms with Gasteiger partial charge in [-0.2, -0.15) is 0 Å². The molecule has 0 radical (unpaired) electrons. The Morgan fingerprint density at radius 1 is 1.55 bits per heavy atom. The van der Waals surface area contributed by atoms with E-state index >= 15 is 0 Å². The van der Waals surface area contributed by atoms with E-state index in [-0.39, 0.29) is 5.97 Å². The Bertz CT molecular complexity index is 449. The molecule has 0 saturated carbocycles. The summed E-state index contributed by atoms with van der Waals surface area (Å²) in [5.74, 6) is -0.143. The van der Waals surface area contributed by atoms with Gasteiger partial charge >= 0.3 is 5.97 Å². The first-order chi connectivity index (χ1) is 9.60. The van der Waals surface area contributed by atoms with Gasteiger partial charge in [-0.3, -0.25) is 4.79 Å². The van der Waals surface area contributed by atoms with Gasteiger partial charge in [-0.1, -0.05) is 0 Å². The fraction of sp³-hybridized carbons (Fsp3) is 0.714. The van der Waals surface area contributed by atoms with E-state index in [1.807, 2.05) is 6.92 Å². The largest absolute Gasteiger partial charge is 0.466 e. The van der Waals surface area contributed by atoms with Gasteiger partial charge in [0.15, 0.2) is 5.13 Å². The molecule has 1 atom stereocenters. The lowest BCUT2D eigenvalue weighted by atomic mass is 10.2. The second-order valence-corrected chi connectivity index (χ2v) is 6.04. The maximum absolute atomic E-state index is 11.3. The third kappa shape index (κ3) is 3.93. The zero-order chi connectivity index (χ0) is 14.5. The molecule has 0 bridgehead atoms. The van der Waals surface area contributed by atoms with Crippen LogP contribution in [-0.2, 0) is 16.0 Å². The quantitative estimate of drug-likeness (QED) is 0.775. The van der Waals surface area contributed by atoms with Gasteiger partial charge in [0, 0.05) is 37.5 Å². The van der Waals surface area contributed by atoms with Crippen molar-refractivity contribution in [2.24, 2.45) is 0 Å². The lowest BCUT2D eigenvalue weighted by Crippen LogP contribution is -2.50. The maximum atomic E-state index is 11.3. The fourth-order valence-corrected chi connectivity index (χ4v) is 3.14. The number of anilines is 1. The van der Waals surface area contributed by atoms with Crippen molar-refractivity contribution in [1.29, 1.82) is 0 Å². The molecule has 0 aliphatic carbocycles. The number of hydrogen-bond donors (Lipinski definition) is 0. The van der Waals surface area contributed by atoms with E-state index in [0.29, 0.717) is 25.5 Å². The van der Waals surface area contributed by atoms with Crippen LogP contribution in [0.2, 0.25) is 0 Å². The van der Waals surface area contributed by atoms with Crippen molar-refractivity contribution >= 4 is 22.4 Å². The minimum atomic E-state index is -0.143. The second-order valence-electron chi connectivity index (χ2n) is 5.20. The lowest BCUT2D eigenvalue weighted by Gasteiger charge is -2.37. The molecule has 0 amide bonds. The van der Waals surface area contributed by atoms with Crippen molar-refractivity contribution in [3.63, 3.8) is 0 Å². The van der Waals surface area contributed by atoms with E-state index in [4.69, 9.17) is 4.74 Å². The fourth-order valence-electron chi connectivity index (χ4n) is 2.24. The van der Waals surface area contributed by atoms with Gasteiger partial charge in [-0.15, -0.1) is 11.3 Å². The third-order valence-corrected chi connectivity index (χ3v) is 4.61. The highest BCUT2D eigenvalue weighted by atomic mass is 32.1. The summed E-state index contributed by atoms with van der Waals surface area (Å²) in [4.78, 5) is 20.7. The van der Waals surface area contributed by atoms with Crippen LogP contribution < -0.4 is 4.90 Å². The van der Waals surface area contributed by atoms with Gasteiger partial charge in [-0.05, 0) is 20.9 Å². The van der Waals surface area contributed by atoms with Crippen molar-refractivity contribution in [2.45, 2.75) is 32.7 Å². The van der Waals surface area contributed by atoms with Gasteiger partial charge in [0.1, 0.15) is 0 Å². The summed E-state index contributed by atoms with van der Waals surface area (Å²) in [5, 5.41) is 3.13. The van der Waals surface area contributed by atoms with Crippen molar-refractivity contribution in [1.82, 2.24) is 9.88 Å². The predicted octanol–water partition coefficient (Wildman–Crippen LogP) is 1.78. The zero-order valence-corrected chi connectivity index (χ0v) is 13.3. The average molecular weight is 297 g/mol. The Labute approximate surface area is 124 Å². The third-order valence-electron chi connectivity index (χ3n) is 3.66. The Morgan fingerprint density at radius 3 is 3.05 bits per heavy atom. The molecule has 1 saturated heterocycles. The van der Waals surface area contributed by atoms with E-state index in [1.54, 1.807) is 11.3 Å². The smallest absolute Gasteiger partial charge is 0.306 e. The molecular formula is C14H23N3O2S. The normalized spacial score (nSPS) is 20.1. The standard InChI is InChI=1S/C14H23N3O2S/c1-4-19-13(18)6-5-12-10-20-14(15-12)17-8-7-16(3)11(2)9-17/h10-11H,4-9H2,1-3H3. The predicted molar refractivity (Wildman–Crippen MR) is 81.4 cm³/mol. The van der Waals surface area contributed by atoms with Crippen molar-refractivity contribution in [2.75, 3.05) is 38.2 Å². The Balaban J connectivity index is 1.87. The van der Waals surface area contributed by atoms with Crippen LogP contribution in [0.5, 0.6) is 0 Å². The molecule has 0 spiro atoms. The van der Waals surface area contributed by atoms with Gasteiger partial charge in [0.2, 0.25) is 0 Å². The molecule has 1 unspecified atom stereocenters. The number of thiazole rings is 1. The number of hydrogen-bond acceptors (Lipinski definition) is 6. The van der Waals surface area contributed by atoms with Gasteiger partial charge in [-0.25, -0.2) is 4.98 Å². The monoisotopic (exact) mass is 297 g/mol. The van der Waals surface area contributed by atoms with Crippen LogP contribution in [0.3, 0.4) is 0 Å². The minimum Gasteiger partial charge on any atom is -0.466 e. The Kier molecular flexibility index (Phi) is 5.37. The molecular weight excluding hydrogens is 274 g/mol. The molecule has 1 aromatic rings. The first kappa shape index (κ1) is 15.3. The number of nitrogens with zero attached hydrogens (tertiary/aromatic N) is 3. The number of ether oxygens (including phenoxy) is 1. The van der Waals surface area contributed by atoms with Crippen LogP contribution >= 0.6 is 11.3 Å². The molecule has 1 fully saturated rings. The maximum Gasteiger partial charge on any atom is 0.306 e. The van der Waals surface area contributed by atoms with Crippen molar-refractivity contribution in [3.8, 4) is 0 Å². The molecule has 20 heavy (non-hydrogen) atoms. The summed E-state index contributed by atoms with van der Waals surface area (Å²) >= 11 is 1.67. The number of esters is 1. The Hall–Kier alpha value is -1.14. The number of likely N-dealkylation sites (N-methyl/N-ethyl adjacent to an activating group) is 1. The highest BCUT2D eigenvalue weighted by molar-refractivity contribution is 7.13. The topological polar surface area (TPSA) is 45.7 Å². The molecule has 2 rings (SSSR count). The van der Waals surface area contributed by atoms with Crippen molar-refractivity contribution in [3.05, 3.63) is 11.1 Å². The van der Waals surface area contributed by atoms with Crippen LogP contribution in [0.25, 0.3) is 0 Å². The molecule has 1 aliphatic rings. The molecule has 1 aliphatic heterocycles. The Morgan fingerprint density at radius 2 is 2.35 bits per heavy atom. The van der Waals surface area contributed by atoms with Gasteiger partial charge in [0.25, 0.3) is 0 Å². The highest BCUT2D eigenvalue weighted by Gasteiger charge is 2.22. The minimum absolute atomic E-state index is 0.143. The second kappa shape index (κ2) is 7.04. The number of carbonyl (C=O) groups excluding carboxylic acids is 1. The summed E-state index contributed by atoms with van der Waals surface area (Å²) in [5.41, 5.74) is 0.990. The van der Waals surface area contributed by atoms with Crippen LogP contribution in [0.1, 0.15) is 26.0 Å². The van der Waals surface area contributed by atoms with E-state index < -0.39 is 0 Å². The van der Waals surface area contributed by atoms with E-state index in [0.717, 1.165) is 30.5 Å². The number of aromatic nitrogens is 1. The van der Waals surface area contributed by atoms with Crippen LogP contribution in [-0.4, -0.2) is 55.2 Å². The summed E-state index contributed by atoms with van der Waals surface area (Å²) in [6.45, 7) is 7.61. The van der Waals surface area contributed by atoms with Crippen LogP contribution in [0, 0.1) is 0 Å². The molecule has 5 nitrogen and oxygen atoms in total. The summed E-state index contributed by atoms with van der Waals surface area (Å²) in [7, 11) is 2.16. The number of rotatable bonds is 5. The zero-order valence-electron chi connectivity index (χ0n) is 12.5. The molecule has 0 N–H and O–H groups in total. The van der Waals surface area contributed by atoms with Crippen LogP contribution in [0.15, 0.2) is 5.38 Å². The number of aryl methyl sites for hydroxylation is 1. The van der Waals surface area contributed by atoms with Crippen LogP contribution in [0.4, 0.5) is 5.13 Å².